The molecule has 1 unspecified atom stereocenters. The molecule has 1 heteroatoms. The molecular formula is C16H22Ti. The van der Waals surface area contributed by atoms with Crippen molar-refractivity contribution in [3.05, 3.63) is 41.0 Å². The molecule has 0 radical (unpaired) electrons. The molecule has 2 aliphatic carbocycles. The van der Waals surface area contributed by atoms with Gasteiger partial charge in [0.15, 0.2) is 0 Å². The summed E-state index contributed by atoms with van der Waals surface area (Å²) < 4.78 is 0.978. The fraction of sp³-hybridized carbons (Fsp3) is 0.500. The maximum atomic E-state index is 2.59. The second kappa shape index (κ2) is 4.11. The van der Waals surface area contributed by atoms with Gasteiger partial charge in [0.2, 0.25) is 0 Å². The number of hydrogen-bond acceptors (Lipinski definition) is 0. The van der Waals surface area contributed by atoms with Crippen molar-refractivity contribution in [2.24, 2.45) is 0 Å². The molecule has 0 amide bonds. The predicted molar refractivity (Wildman–Crippen MR) is 72.3 cm³/mol. The molecule has 90 valence electrons. The minimum absolute atomic E-state index is 0.978. The van der Waals surface area contributed by atoms with Gasteiger partial charge in [0.1, 0.15) is 0 Å². The summed E-state index contributed by atoms with van der Waals surface area (Å²) in [6.07, 6.45) is 5.48. The Hall–Kier alpha value is -0.326. The summed E-state index contributed by atoms with van der Waals surface area (Å²) in [5.41, 5.74) is 6.75. The fourth-order valence-corrected chi connectivity index (χ4v) is 7.43. The van der Waals surface area contributed by atoms with Gasteiger partial charge in [0, 0.05) is 0 Å². The zero-order valence-electron chi connectivity index (χ0n) is 11.2. The van der Waals surface area contributed by atoms with E-state index in [9.17, 15) is 0 Å². The number of hydrogen-bond donors (Lipinski definition) is 0. The van der Waals surface area contributed by atoms with Gasteiger partial charge in [-0.15, -0.1) is 0 Å². The normalized spacial score (nSPS) is 23.6. The molecule has 0 spiro atoms. The third kappa shape index (κ3) is 1.96. The second-order valence-electron chi connectivity index (χ2n) is 6.65. The molecule has 0 nitrogen and oxygen atoms in total. The van der Waals surface area contributed by atoms with Crippen molar-refractivity contribution in [3.63, 3.8) is 0 Å². The van der Waals surface area contributed by atoms with Crippen LogP contribution >= 0.6 is 0 Å². The number of rotatable bonds is 1. The van der Waals surface area contributed by atoms with Crippen LogP contribution in [0.2, 0.25) is 19.9 Å². The first-order valence-corrected chi connectivity index (χ1v) is 12.5. The number of benzene rings is 1. The molecular weight excluding hydrogens is 240 g/mol. The van der Waals surface area contributed by atoms with Crippen LogP contribution in [0.15, 0.2) is 29.8 Å². The van der Waals surface area contributed by atoms with E-state index in [1.165, 1.54) is 25.7 Å². The topological polar surface area (TPSA) is 0 Å². The molecule has 2 aliphatic rings. The van der Waals surface area contributed by atoms with Gasteiger partial charge in [-0.25, -0.2) is 0 Å². The van der Waals surface area contributed by atoms with Crippen molar-refractivity contribution in [1.82, 2.24) is 0 Å². The molecule has 0 N–H and O–H groups in total. The van der Waals surface area contributed by atoms with Gasteiger partial charge in [0.25, 0.3) is 0 Å². The first-order valence-electron chi connectivity index (χ1n) is 6.87. The van der Waals surface area contributed by atoms with E-state index in [1.807, 2.05) is 5.57 Å². The van der Waals surface area contributed by atoms with Gasteiger partial charge >= 0.3 is 109 Å². The van der Waals surface area contributed by atoms with E-state index >= 15 is 0 Å². The number of fused-ring (bicyclic) bond motifs is 2. The van der Waals surface area contributed by atoms with E-state index in [2.05, 4.69) is 40.0 Å². The molecule has 1 aromatic rings. The molecule has 0 saturated heterocycles. The zero-order chi connectivity index (χ0) is 12.0. The predicted octanol–water partition coefficient (Wildman–Crippen LogP) is 5.27. The van der Waals surface area contributed by atoms with Crippen LogP contribution in [0.4, 0.5) is 0 Å². The first kappa shape index (κ1) is 11.7. The molecule has 0 heterocycles. The first-order chi connectivity index (χ1) is 8.07. The third-order valence-corrected chi connectivity index (χ3v) is 8.76. The summed E-state index contributed by atoms with van der Waals surface area (Å²) in [6, 6.07) is 9.08. The van der Waals surface area contributed by atoms with Crippen molar-refractivity contribution >= 4 is 5.57 Å². The summed E-state index contributed by atoms with van der Waals surface area (Å²) in [6.45, 7) is 0. The van der Waals surface area contributed by atoms with Crippen LogP contribution in [-0.2, 0) is 23.0 Å². The summed E-state index contributed by atoms with van der Waals surface area (Å²) in [5, 5.41) is 7.76. The summed E-state index contributed by atoms with van der Waals surface area (Å²) in [5.74, 6) is 0. The van der Waals surface area contributed by atoms with Gasteiger partial charge in [-0.1, -0.05) is 0 Å². The molecule has 0 aromatic heterocycles. The molecule has 1 aromatic carbocycles. The summed E-state index contributed by atoms with van der Waals surface area (Å²) >= 11 is -1.55. The van der Waals surface area contributed by atoms with Crippen LogP contribution in [0.1, 0.15) is 30.4 Å². The Morgan fingerprint density at radius 2 is 1.88 bits per heavy atom. The van der Waals surface area contributed by atoms with Crippen LogP contribution in [0.25, 0.3) is 5.57 Å². The van der Waals surface area contributed by atoms with E-state index in [4.69, 9.17) is 0 Å². The van der Waals surface area contributed by atoms with Crippen LogP contribution in [0.3, 0.4) is 0 Å². The average Bonchev–Trinajstić information content (AvgIpc) is 2.65. The summed E-state index contributed by atoms with van der Waals surface area (Å²) in [4.78, 5) is 0. The van der Waals surface area contributed by atoms with Gasteiger partial charge in [0.05, 0.1) is 0 Å². The maximum absolute atomic E-state index is 2.59. The molecule has 3 rings (SSSR count). The van der Waals surface area contributed by atoms with Crippen molar-refractivity contribution in [3.8, 4) is 0 Å². The molecule has 0 fully saturated rings. The number of allylic oxidation sites excluding steroid dienone is 2. The van der Waals surface area contributed by atoms with E-state index in [1.54, 1.807) is 16.7 Å². The monoisotopic (exact) mass is 262 g/mol. The molecule has 1 atom stereocenters. The minimum atomic E-state index is -1.55. The van der Waals surface area contributed by atoms with Gasteiger partial charge in [-0.3, -0.25) is 0 Å². The summed E-state index contributed by atoms with van der Waals surface area (Å²) in [7, 11) is 0. The standard InChI is InChI=1S/C13H13.3CH3.Ti/c1-3-7-12-10(5-1)9-11-6-2-4-8-13(11)12;;;;/h1,3,5-7H,2,4,8-9H2;3*1H3;. The second-order valence-corrected chi connectivity index (χ2v) is 15.1. The molecule has 0 aliphatic heterocycles. The Balaban J connectivity index is 2.06. The van der Waals surface area contributed by atoms with Crippen LogP contribution in [0.5, 0.6) is 0 Å². The van der Waals surface area contributed by atoms with Crippen LogP contribution in [-0.4, -0.2) is 0 Å². The Morgan fingerprint density at radius 3 is 2.65 bits per heavy atom. The van der Waals surface area contributed by atoms with Crippen molar-refractivity contribution in [1.29, 1.82) is 0 Å². The molecule has 17 heavy (non-hydrogen) atoms. The van der Waals surface area contributed by atoms with Gasteiger partial charge in [-0.2, -0.15) is 0 Å². The van der Waals surface area contributed by atoms with Crippen molar-refractivity contribution < 1.29 is 16.6 Å². The Labute approximate surface area is 108 Å². The van der Waals surface area contributed by atoms with Crippen molar-refractivity contribution in [2.45, 2.75) is 45.6 Å². The SMILES string of the molecule is [CH3][Ti]([CH3])([CH3])[CH]1CCCC2=C1Cc1ccccc12. The molecule has 0 bridgehead atoms. The Kier molecular flexibility index (Phi) is 2.84. The quantitative estimate of drug-likeness (QED) is 0.605. The van der Waals surface area contributed by atoms with Gasteiger partial charge < -0.3 is 0 Å². The molecule has 0 saturated carbocycles. The van der Waals surface area contributed by atoms with E-state index < -0.39 is 16.6 Å². The third-order valence-electron chi connectivity index (χ3n) is 4.50. The van der Waals surface area contributed by atoms with E-state index in [-0.39, 0.29) is 0 Å². The Morgan fingerprint density at radius 1 is 1.12 bits per heavy atom. The fourth-order valence-electron chi connectivity index (χ4n) is 3.70. The average molecular weight is 262 g/mol. The zero-order valence-corrected chi connectivity index (χ0v) is 12.8. The van der Waals surface area contributed by atoms with Crippen molar-refractivity contribution in [2.75, 3.05) is 0 Å². The van der Waals surface area contributed by atoms with Crippen LogP contribution < -0.4 is 0 Å². The Bertz CT molecular complexity index is 477. The van der Waals surface area contributed by atoms with Crippen LogP contribution in [0, 0.1) is 0 Å². The van der Waals surface area contributed by atoms with E-state index in [0.717, 1.165) is 4.22 Å². The van der Waals surface area contributed by atoms with E-state index in [0.29, 0.717) is 0 Å². The van der Waals surface area contributed by atoms with Gasteiger partial charge in [-0.05, 0) is 0 Å².